The van der Waals surface area contributed by atoms with Gasteiger partial charge in [0.2, 0.25) is 0 Å². The van der Waals surface area contributed by atoms with Crippen LogP contribution >= 0.6 is 25.3 Å². The smallest absolute Gasteiger partial charge is 0.545 e. The van der Waals surface area contributed by atoms with Crippen LogP contribution in [0, 0.1) is 41.5 Å². The molecule has 0 saturated heterocycles. The molecular weight excluding hydrogens is 1410 g/mol. The third-order valence-corrected chi connectivity index (χ3v) is 17.6. The van der Waals surface area contributed by atoms with Gasteiger partial charge in [-0.2, -0.15) is 0 Å². The largest absolute Gasteiger partial charge is 2.00 e. The van der Waals surface area contributed by atoms with Crippen LogP contribution in [0.15, 0.2) is 313 Å². The summed E-state index contributed by atoms with van der Waals surface area (Å²) in [6.45, 7) is 12.6. The number of hydrogen-bond acceptors (Lipinski definition) is 12. The number of aryl methyl sites for hydroxylation is 6. The van der Waals surface area contributed by atoms with Crippen molar-refractivity contribution < 1.29 is 58.8 Å². The van der Waals surface area contributed by atoms with Crippen LogP contribution in [0.1, 0.15) is 54.9 Å². The fraction of sp³-hybridized carbons (Fsp3) is 0.0750. The molecule has 0 unspecified atom stereocenters. The van der Waals surface area contributed by atoms with Gasteiger partial charge in [-0.05, 0) is 124 Å². The molecule has 0 spiro atoms. The van der Waals surface area contributed by atoms with E-state index < -0.39 is 26.2 Å². The third-order valence-electron chi connectivity index (χ3n) is 16.8. The normalized spacial score (nSPS) is 10.5. The summed E-state index contributed by atoms with van der Waals surface area (Å²) in [6, 6.07) is 99.5. The summed E-state index contributed by atoms with van der Waals surface area (Å²) in [6.07, 6.45) is 0. The van der Waals surface area contributed by atoms with Crippen LogP contribution in [-0.2, 0) is 39.0 Å². The topological polar surface area (TPSA) is 187 Å². The summed E-state index contributed by atoms with van der Waals surface area (Å²) in [7, 11) is -3.11. The zero-order valence-electron chi connectivity index (χ0n) is 57.6. The summed E-state index contributed by atoms with van der Waals surface area (Å²) in [5.74, 6) is -2.38. The minimum absolute atomic E-state index is 0. The van der Waals surface area contributed by atoms with Crippen LogP contribution < -0.4 is 10.2 Å². The molecule has 22 heteroatoms. The Morgan fingerprint density at radius 2 is 0.412 bits per heavy atom. The van der Waals surface area contributed by atoms with E-state index in [1.54, 1.807) is 36.4 Å². The number of carboxylic acids is 2. The Kier molecular flexibility index (Phi) is 26.7. The van der Waals surface area contributed by atoms with E-state index in [9.17, 15) is 19.8 Å². The first-order valence-electron chi connectivity index (χ1n) is 32.6. The van der Waals surface area contributed by atoms with E-state index in [-0.39, 0.29) is 50.1 Å². The number of aromatic nitrogens is 12. The molecule has 0 atom stereocenters. The molecule has 0 saturated carbocycles. The van der Waals surface area contributed by atoms with Crippen molar-refractivity contribution in [1.29, 1.82) is 0 Å². The van der Waals surface area contributed by atoms with Crippen molar-refractivity contribution in [3.05, 3.63) is 349 Å². The number of benzene rings is 9. The van der Waals surface area contributed by atoms with Gasteiger partial charge in [0.15, 0.2) is 0 Å². The van der Waals surface area contributed by atoms with E-state index in [1.165, 1.54) is 12.1 Å². The van der Waals surface area contributed by atoms with E-state index in [2.05, 4.69) is 204 Å². The van der Waals surface area contributed by atoms with Crippen LogP contribution in [-0.4, -0.2) is 84.3 Å². The average molecular weight is 1480 g/mol. The molecule has 0 bridgehead atoms. The van der Waals surface area contributed by atoms with Gasteiger partial charge in [0.1, 0.15) is 0 Å². The number of carbonyl (C=O) groups is 2. The van der Waals surface area contributed by atoms with Crippen LogP contribution in [0.5, 0.6) is 0 Å². The Morgan fingerprint density at radius 1 is 0.265 bits per heavy atom. The van der Waals surface area contributed by atoms with Gasteiger partial charge >= 0.3 is 53.2 Å². The van der Waals surface area contributed by atoms with Gasteiger partial charge in [-0.15, -0.1) is 25.3 Å². The minimum atomic E-state index is -1.55. The zero-order valence-corrected chi connectivity index (χ0v) is 65.3. The van der Waals surface area contributed by atoms with Crippen molar-refractivity contribution in [2.24, 2.45) is 0 Å². The predicted octanol–water partition coefficient (Wildman–Crippen LogP) is 14.1. The first-order valence-corrected chi connectivity index (χ1v) is 33.5. The van der Waals surface area contributed by atoms with Crippen LogP contribution in [0.4, 0.5) is 0 Å². The molecule has 498 valence electrons. The van der Waals surface area contributed by atoms with Gasteiger partial charge in [0.05, 0.1) is 46.1 Å². The molecule has 0 aliphatic carbocycles. The minimum Gasteiger partial charge on any atom is -0.545 e. The Bertz CT molecular complexity index is 4430. The van der Waals surface area contributed by atoms with Gasteiger partial charge in [0.25, 0.3) is 0 Å². The maximum absolute atomic E-state index is 10.3. The Morgan fingerprint density at radius 3 is 0.559 bits per heavy atom. The Balaban J connectivity index is 0.000000173. The number of hydrogen-bond donors (Lipinski definition) is 2. The fourth-order valence-corrected chi connectivity index (χ4v) is 12.2. The molecule has 15 rings (SSSR count). The Labute approximate surface area is 631 Å². The fourth-order valence-electron chi connectivity index (χ4n) is 11.7. The number of carboxylic acid groups (broad SMARTS) is 2. The molecule has 16 nitrogen and oxygen atoms in total. The van der Waals surface area contributed by atoms with Crippen LogP contribution in [0.2, 0.25) is 0 Å². The first kappa shape index (κ1) is 75.5. The molecule has 0 aliphatic rings. The summed E-state index contributed by atoms with van der Waals surface area (Å²) in [5.41, 5.74) is 18.8. The monoisotopic (exact) mass is 1480 g/mol. The molecule has 102 heavy (non-hydrogen) atoms. The summed E-state index contributed by atoms with van der Waals surface area (Å²) >= 11 is 7.83. The molecule has 15 aromatic rings. The quantitative estimate of drug-likeness (QED) is 0.0783. The molecular formula is C80H72B2N12O4S2Zn2. The van der Waals surface area contributed by atoms with E-state index in [0.29, 0.717) is 9.79 Å². The van der Waals surface area contributed by atoms with Gasteiger partial charge in [-0.25, -0.2) is 30.6 Å². The van der Waals surface area contributed by atoms with E-state index in [1.807, 2.05) is 146 Å². The number of aromatic carboxylic acids is 2. The zero-order chi connectivity index (χ0) is 70.1. The molecule has 9 aromatic carbocycles. The number of thiol groups is 2. The average Bonchev–Trinajstić information content (AvgIpc) is 1.61. The molecule has 0 N–H and O–H groups in total. The van der Waals surface area contributed by atoms with E-state index in [0.717, 1.165) is 102 Å². The van der Waals surface area contributed by atoms with Crippen LogP contribution in [0.3, 0.4) is 0 Å². The van der Waals surface area contributed by atoms with Crippen molar-refractivity contribution in [2.45, 2.75) is 51.3 Å². The van der Waals surface area contributed by atoms with Gasteiger partial charge in [-0.1, -0.05) is 255 Å². The number of nitrogens with zero attached hydrogens (tertiary/aromatic N) is 12. The summed E-state index contributed by atoms with van der Waals surface area (Å²) in [5, 5.41) is 51.2. The third kappa shape index (κ3) is 18.6. The molecule has 0 fully saturated rings. The van der Waals surface area contributed by atoms with Crippen molar-refractivity contribution in [3.8, 4) is 67.5 Å². The van der Waals surface area contributed by atoms with Gasteiger partial charge in [0, 0.05) is 54.3 Å². The summed E-state index contributed by atoms with van der Waals surface area (Å²) in [4.78, 5) is 21.4. The maximum atomic E-state index is 10.3. The molecule has 0 amide bonds. The molecule has 0 aliphatic heterocycles. The van der Waals surface area contributed by atoms with Crippen molar-refractivity contribution in [2.75, 3.05) is 0 Å². The van der Waals surface area contributed by atoms with Crippen LogP contribution in [0.25, 0.3) is 67.5 Å². The van der Waals surface area contributed by atoms with Gasteiger partial charge < -0.3 is 47.4 Å². The number of carbonyl (C=O) groups excluding carboxylic acids is 2. The van der Waals surface area contributed by atoms with Gasteiger partial charge in [-0.3, -0.25) is 0 Å². The van der Waals surface area contributed by atoms with Crippen molar-refractivity contribution in [1.82, 2.24) is 58.1 Å². The van der Waals surface area contributed by atoms with Crippen molar-refractivity contribution >= 4 is 51.4 Å². The second-order valence-corrected chi connectivity index (χ2v) is 24.8. The molecule has 6 aromatic heterocycles. The number of rotatable bonds is 14. The summed E-state index contributed by atoms with van der Waals surface area (Å²) < 4.78 is 12.6. The van der Waals surface area contributed by atoms with E-state index in [4.69, 9.17) is 30.6 Å². The predicted molar refractivity (Wildman–Crippen MR) is 404 cm³/mol. The molecule has 0 radical (unpaired) electrons. The molecule has 6 heterocycles. The Hall–Kier alpha value is -10.7. The standard InChI is InChI=1S/2C30H28BN6.2C7H6O2S.C6H6.2Zn/c2*1-22-19-28(25-13-7-4-8-14-25)32-35(22)31(36-23(2)20-29(33-36)26-15-9-5-10-16-26)37-24(3)21-30(34-37)27-17-11-6-12-18-27;2*8-7(9)5-3-1-2-4-6(5)10;1-2-4-6-5-3-1;;/h2*4-21,31H,1-3H3;2*1-4,10H,(H,8,9);1-6H;;/q2*-1;;;;2*+2/p-2. The second kappa shape index (κ2) is 36.0. The van der Waals surface area contributed by atoms with Crippen molar-refractivity contribution in [3.63, 3.8) is 0 Å². The van der Waals surface area contributed by atoms with E-state index >= 15 is 0 Å². The SMILES string of the molecule is Cc1cc(-c2ccccc2)nn1[BH-](n1nc(-c2ccccc2)cc1C)n1nc(-c2ccccc2)cc1C.Cc1cc(-c2ccccc2)nn1[BH-](n1nc(-c2ccccc2)cc1C)n1nc(-c2ccccc2)cc1C.O=C([O-])c1ccccc1S.O=C([O-])c1ccccc1S.[Zn+2].[Zn+2].c1ccccc1. The first-order chi connectivity index (χ1) is 48.6. The second-order valence-electron chi connectivity index (χ2n) is 23.8. The maximum Gasteiger partial charge on any atom is 2.00 e.